The number of hydrogen-bond acceptors (Lipinski definition) is 2. The molecule has 0 aliphatic rings. The summed E-state index contributed by atoms with van der Waals surface area (Å²) in [7, 11) is 0. The summed E-state index contributed by atoms with van der Waals surface area (Å²) in [6.07, 6.45) is 0. The number of nitrogens with zero attached hydrogens (tertiary/aromatic N) is 1. The van der Waals surface area contributed by atoms with Crippen LogP contribution in [0.15, 0.2) is 48.5 Å². The van der Waals surface area contributed by atoms with Gasteiger partial charge in [-0.25, -0.2) is 4.39 Å². The molecule has 0 aromatic heterocycles. The summed E-state index contributed by atoms with van der Waals surface area (Å²) < 4.78 is 13.2. The summed E-state index contributed by atoms with van der Waals surface area (Å²) in [6, 6.07) is 16.4. The van der Waals surface area contributed by atoms with E-state index in [9.17, 15) is 4.39 Å². The molecule has 2 aromatic carbocycles. The lowest BCUT2D eigenvalue weighted by atomic mass is 10.0. The minimum Gasteiger partial charge on any atom is -0.304 e. The van der Waals surface area contributed by atoms with Gasteiger partial charge in [0.2, 0.25) is 0 Å². The molecule has 2 aromatic rings. The molecule has 2 nitrogen and oxygen atoms in total. The van der Waals surface area contributed by atoms with Crippen LogP contribution in [0.2, 0.25) is 0 Å². The Labute approximate surface area is 118 Å². The highest BCUT2D eigenvalue weighted by atomic mass is 19.1. The van der Waals surface area contributed by atoms with Gasteiger partial charge in [0.15, 0.2) is 0 Å². The van der Waals surface area contributed by atoms with Gasteiger partial charge in [-0.15, -0.1) is 0 Å². The van der Waals surface area contributed by atoms with Crippen LogP contribution >= 0.6 is 0 Å². The Balaban J connectivity index is 2.06. The number of benzene rings is 2. The average Bonchev–Trinajstić information content (AvgIpc) is 2.47. The summed E-state index contributed by atoms with van der Waals surface area (Å²) in [6.45, 7) is 4.06. The van der Waals surface area contributed by atoms with Gasteiger partial charge in [-0.1, -0.05) is 24.3 Å². The Kier molecular flexibility index (Phi) is 4.49. The van der Waals surface area contributed by atoms with E-state index in [1.807, 2.05) is 25.1 Å². The SMILES string of the molecule is CC(NC(C)c1cccc(F)c1)c1ccc(C#N)cc1. The topological polar surface area (TPSA) is 35.8 Å². The van der Waals surface area contributed by atoms with E-state index in [1.54, 1.807) is 24.3 Å². The Morgan fingerprint density at radius 2 is 1.65 bits per heavy atom. The van der Waals surface area contributed by atoms with Crippen molar-refractivity contribution < 1.29 is 4.39 Å². The van der Waals surface area contributed by atoms with Crippen LogP contribution in [0.5, 0.6) is 0 Å². The van der Waals surface area contributed by atoms with Crippen LogP contribution in [0.25, 0.3) is 0 Å². The van der Waals surface area contributed by atoms with Crippen LogP contribution in [0, 0.1) is 17.1 Å². The zero-order chi connectivity index (χ0) is 14.5. The third-order valence-corrected chi connectivity index (χ3v) is 3.39. The smallest absolute Gasteiger partial charge is 0.123 e. The van der Waals surface area contributed by atoms with Crippen molar-refractivity contribution in [2.45, 2.75) is 25.9 Å². The lowest BCUT2D eigenvalue weighted by Crippen LogP contribution is -2.22. The monoisotopic (exact) mass is 268 g/mol. The average molecular weight is 268 g/mol. The van der Waals surface area contributed by atoms with Crippen molar-refractivity contribution in [3.05, 3.63) is 71.0 Å². The summed E-state index contributed by atoms with van der Waals surface area (Å²) in [5.41, 5.74) is 2.68. The van der Waals surface area contributed by atoms with Crippen molar-refractivity contribution in [3.8, 4) is 6.07 Å². The normalized spacial score (nSPS) is 13.5. The minimum atomic E-state index is -0.220. The van der Waals surface area contributed by atoms with Crippen LogP contribution in [-0.4, -0.2) is 0 Å². The van der Waals surface area contributed by atoms with Crippen LogP contribution in [0.1, 0.15) is 42.6 Å². The van der Waals surface area contributed by atoms with E-state index in [2.05, 4.69) is 18.3 Å². The third kappa shape index (κ3) is 3.43. The molecule has 0 heterocycles. The van der Waals surface area contributed by atoms with Crippen molar-refractivity contribution in [2.75, 3.05) is 0 Å². The number of nitriles is 1. The Morgan fingerprint density at radius 3 is 2.25 bits per heavy atom. The number of rotatable bonds is 4. The molecule has 0 saturated heterocycles. The number of nitrogens with one attached hydrogen (secondary N) is 1. The van der Waals surface area contributed by atoms with E-state index in [1.165, 1.54) is 6.07 Å². The number of halogens is 1. The molecule has 0 radical (unpaired) electrons. The lowest BCUT2D eigenvalue weighted by Gasteiger charge is -2.21. The molecule has 0 aliphatic carbocycles. The van der Waals surface area contributed by atoms with Gasteiger partial charge in [-0.2, -0.15) is 5.26 Å². The Bertz CT molecular complexity index is 614. The van der Waals surface area contributed by atoms with Gasteiger partial charge in [0, 0.05) is 12.1 Å². The molecule has 0 amide bonds. The van der Waals surface area contributed by atoms with E-state index >= 15 is 0 Å². The highest BCUT2D eigenvalue weighted by Crippen LogP contribution is 2.20. The van der Waals surface area contributed by atoms with E-state index in [0.29, 0.717) is 5.56 Å². The zero-order valence-corrected chi connectivity index (χ0v) is 11.6. The van der Waals surface area contributed by atoms with E-state index in [4.69, 9.17) is 5.26 Å². The first-order valence-corrected chi connectivity index (χ1v) is 6.61. The van der Waals surface area contributed by atoms with Crippen molar-refractivity contribution in [3.63, 3.8) is 0 Å². The van der Waals surface area contributed by atoms with E-state index < -0.39 is 0 Å². The Morgan fingerprint density at radius 1 is 1.00 bits per heavy atom. The van der Waals surface area contributed by atoms with Crippen molar-refractivity contribution in [2.24, 2.45) is 0 Å². The molecule has 20 heavy (non-hydrogen) atoms. The first-order chi connectivity index (χ1) is 9.60. The van der Waals surface area contributed by atoms with Crippen LogP contribution in [-0.2, 0) is 0 Å². The van der Waals surface area contributed by atoms with Crippen LogP contribution in [0.3, 0.4) is 0 Å². The van der Waals surface area contributed by atoms with Gasteiger partial charge >= 0.3 is 0 Å². The molecular formula is C17H17FN2. The maximum atomic E-state index is 13.2. The summed E-state index contributed by atoms with van der Waals surface area (Å²) >= 11 is 0. The van der Waals surface area contributed by atoms with E-state index in [-0.39, 0.29) is 17.9 Å². The second-order valence-electron chi connectivity index (χ2n) is 4.90. The molecular weight excluding hydrogens is 251 g/mol. The molecule has 2 rings (SSSR count). The molecule has 0 aliphatic heterocycles. The largest absolute Gasteiger partial charge is 0.304 e. The molecule has 0 saturated carbocycles. The third-order valence-electron chi connectivity index (χ3n) is 3.39. The fraction of sp³-hybridized carbons (Fsp3) is 0.235. The summed E-state index contributed by atoms with van der Waals surface area (Å²) in [5.74, 6) is -0.220. The van der Waals surface area contributed by atoms with Gasteiger partial charge in [0.05, 0.1) is 11.6 Å². The molecule has 3 heteroatoms. The summed E-state index contributed by atoms with van der Waals surface area (Å²) in [5, 5.41) is 12.2. The minimum absolute atomic E-state index is 0.0522. The van der Waals surface area contributed by atoms with Gasteiger partial charge < -0.3 is 5.32 Å². The highest BCUT2D eigenvalue weighted by molar-refractivity contribution is 5.33. The van der Waals surface area contributed by atoms with Gasteiger partial charge in [-0.3, -0.25) is 0 Å². The summed E-state index contributed by atoms with van der Waals surface area (Å²) in [4.78, 5) is 0. The van der Waals surface area contributed by atoms with Gasteiger partial charge in [0.25, 0.3) is 0 Å². The Hall–Kier alpha value is -2.18. The molecule has 102 valence electrons. The zero-order valence-electron chi connectivity index (χ0n) is 11.6. The quantitative estimate of drug-likeness (QED) is 0.905. The number of hydrogen-bond donors (Lipinski definition) is 1. The second kappa shape index (κ2) is 6.31. The van der Waals surface area contributed by atoms with Crippen LogP contribution < -0.4 is 5.32 Å². The molecule has 1 N–H and O–H groups in total. The fourth-order valence-corrected chi connectivity index (χ4v) is 2.19. The molecule has 0 fully saturated rings. The maximum Gasteiger partial charge on any atom is 0.123 e. The second-order valence-corrected chi connectivity index (χ2v) is 4.90. The first kappa shape index (κ1) is 14.2. The highest BCUT2D eigenvalue weighted by Gasteiger charge is 2.11. The van der Waals surface area contributed by atoms with Crippen molar-refractivity contribution >= 4 is 0 Å². The van der Waals surface area contributed by atoms with Gasteiger partial charge in [-0.05, 0) is 49.2 Å². The molecule has 2 atom stereocenters. The molecule has 0 spiro atoms. The predicted molar refractivity (Wildman–Crippen MR) is 77.5 cm³/mol. The van der Waals surface area contributed by atoms with Crippen molar-refractivity contribution in [1.82, 2.24) is 5.32 Å². The maximum absolute atomic E-state index is 13.2. The molecule has 2 unspecified atom stereocenters. The first-order valence-electron chi connectivity index (χ1n) is 6.61. The lowest BCUT2D eigenvalue weighted by molar-refractivity contribution is 0.492. The predicted octanol–water partition coefficient (Wildman–Crippen LogP) is 4.11. The van der Waals surface area contributed by atoms with Gasteiger partial charge in [0.1, 0.15) is 5.82 Å². The van der Waals surface area contributed by atoms with E-state index in [0.717, 1.165) is 11.1 Å². The fourth-order valence-electron chi connectivity index (χ4n) is 2.19. The van der Waals surface area contributed by atoms with Crippen molar-refractivity contribution in [1.29, 1.82) is 5.26 Å². The standard InChI is InChI=1S/C17H17FN2/c1-12(15-8-6-14(11-19)7-9-15)20-13(2)16-4-3-5-17(18)10-16/h3-10,12-13,20H,1-2H3. The van der Waals surface area contributed by atoms with Crippen LogP contribution in [0.4, 0.5) is 4.39 Å². The molecule has 0 bridgehead atoms.